The number of halogens is 1. The molecule has 7 nitrogen and oxygen atoms in total. The van der Waals surface area contributed by atoms with Crippen LogP contribution in [0.2, 0.25) is 0 Å². The number of rotatable bonds is 6. The van der Waals surface area contributed by atoms with Gasteiger partial charge in [-0.05, 0) is 24.3 Å². The first-order chi connectivity index (χ1) is 13.1. The molecule has 8 heteroatoms. The molecule has 1 aliphatic heterocycles. The lowest BCUT2D eigenvalue weighted by molar-refractivity contribution is -0.139. The van der Waals surface area contributed by atoms with Gasteiger partial charge in [-0.25, -0.2) is 9.37 Å². The summed E-state index contributed by atoms with van der Waals surface area (Å²) in [5.74, 6) is 0.231. The number of nitrogens with zero attached hydrogens (tertiary/aromatic N) is 3. The van der Waals surface area contributed by atoms with Gasteiger partial charge in [0.1, 0.15) is 17.7 Å². The Balaban J connectivity index is 1.62. The first kappa shape index (κ1) is 19.0. The number of benzene rings is 1. The van der Waals surface area contributed by atoms with E-state index in [0.29, 0.717) is 38.3 Å². The standard InChI is InChI=1S/C19H24FN5O2/c1-2-17-22-9-11-24(17)10-7-18(26)25-12-8-21-13-16(25)19(27)23-15-5-3-14(20)4-6-15/h3-6,9,11,16,21H,2,7-8,10,12-13H2,1H3,(H,23,27)/t16-/m1/s1. The Morgan fingerprint density at radius 3 is 2.85 bits per heavy atom. The third-order valence-electron chi connectivity index (χ3n) is 4.66. The first-order valence-corrected chi connectivity index (χ1v) is 9.15. The number of piperazine rings is 1. The Bertz CT molecular complexity index is 790. The second kappa shape index (κ2) is 8.77. The molecule has 0 saturated carbocycles. The van der Waals surface area contributed by atoms with Crippen molar-refractivity contribution in [3.63, 3.8) is 0 Å². The fourth-order valence-corrected chi connectivity index (χ4v) is 3.21. The number of carbonyl (C=O) groups excluding carboxylic acids is 2. The van der Waals surface area contributed by atoms with Gasteiger partial charge < -0.3 is 20.1 Å². The van der Waals surface area contributed by atoms with E-state index in [4.69, 9.17) is 0 Å². The summed E-state index contributed by atoms with van der Waals surface area (Å²) >= 11 is 0. The third-order valence-corrected chi connectivity index (χ3v) is 4.66. The first-order valence-electron chi connectivity index (χ1n) is 9.15. The molecule has 0 spiro atoms. The molecule has 1 saturated heterocycles. The molecule has 1 fully saturated rings. The van der Waals surface area contributed by atoms with Gasteiger partial charge in [0.05, 0.1) is 0 Å². The minimum absolute atomic E-state index is 0.0634. The van der Waals surface area contributed by atoms with Crippen molar-refractivity contribution in [1.82, 2.24) is 19.8 Å². The fraction of sp³-hybridized carbons (Fsp3) is 0.421. The molecule has 1 aromatic heterocycles. The highest BCUT2D eigenvalue weighted by Crippen LogP contribution is 2.13. The quantitative estimate of drug-likeness (QED) is 0.803. The van der Waals surface area contributed by atoms with Gasteiger partial charge in [0, 0.05) is 57.1 Å². The van der Waals surface area contributed by atoms with Crippen molar-refractivity contribution in [2.75, 3.05) is 25.0 Å². The predicted molar refractivity (Wildman–Crippen MR) is 99.6 cm³/mol. The Kier molecular flexibility index (Phi) is 6.18. The predicted octanol–water partition coefficient (Wildman–Crippen LogP) is 1.41. The molecule has 27 heavy (non-hydrogen) atoms. The molecule has 0 radical (unpaired) electrons. The number of hydrogen-bond donors (Lipinski definition) is 2. The van der Waals surface area contributed by atoms with E-state index in [2.05, 4.69) is 15.6 Å². The van der Waals surface area contributed by atoms with Crippen LogP contribution in [0.4, 0.5) is 10.1 Å². The zero-order valence-corrected chi connectivity index (χ0v) is 15.3. The van der Waals surface area contributed by atoms with E-state index in [9.17, 15) is 14.0 Å². The van der Waals surface area contributed by atoms with E-state index < -0.39 is 6.04 Å². The molecule has 2 heterocycles. The largest absolute Gasteiger partial charge is 0.334 e. The van der Waals surface area contributed by atoms with Gasteiger partial charge in [-0.1, -0.05) is 6.92 Å². The van der Waals surface area contributed by atoms with Crippen LogP contribution in [0.1, 0.15) is 19.2 Å². The Hall–Kier alpha value is -2.74. The van der Waals surface area contributed by atoms with Gasteiger partial charge in [-0.2, -0.15) is 0 Å². The highest BCUT2D eigenvalue weighted by atomic mass is 19.1. The molecular formula is C19H24FN5O2. The lowest BCUT2D eigenvalue weighted by Crippen LogP contribution is -2.58. The summed E-state index contributed by atoms with van der Waals surface area (Å²) in [6.07, 6.45) is 4.71. The smallest absolute Gasteiger partial charge is 0.248 e. The molecule has 2 amide bonds. The maximum absolute atomic E-state index is 13.0. The third kappa shape index (κ3) is 4.71. The Labute approximate surface area is 157 Å². The van der Waals surface area contributed by atoms with Crippen LogP contribution in [0.3, 0.4) is 0 Å². The number of hydrogen-bond acceptors (Lipinski definition) is 4. The van der Waals surface area contributed by atoms with Gasteiger partial charge in [0.2, 0.25) is 11.8 Å². The summed E-state index contributed by atoms with van der Waals surface area (Å²) in [5, 5.41) is 5.91. The molecule has 0 bridgehead atoms. The van der Waals surface area contributed by atoms with Crippen LogP contribution in [0.15, 0.2) is 36.7 Å². The number of aromatic nitrogens is 2. The maximum Gasteiger partial charge on any atom is 0.248 e. The SMILES string of the molecule is CCc1nccn1CCC(=O)N1CCNC[C@@H]1C(=O)Nc1ccc(F)cc1. The van der Waals surface area contributed by atoms with Gasteiger partial charge >= 0.3 is 0 Å². The van der Waals surface area contributed by atoms with Crippen LogP contribution in [0.25, 0.3) is 0 Å². The van der Waals surface area contributed by atoms with Gasteiger partial charge in [-0.3, -0.25) is 9.59 Å². The number of anilines is 1. The Morgan fingerprint density at radius 1 is 1.33 bits per heavy atom. The van der Waals surface area contributed by atoms with Crippen molar-refractivity contribution in [2.45, 2.75) is 32.4 Å². The normalized spacial score (nSPS) is 17.0. The minimum atomic E-state index is -0.593. The summed E-state index contributed by atoms with van der Waals surface area (Å²) in [6, 6.07) is 4.98. The van der Waals surface area contributed by atoms with Gasteiger partial charge in [-0.15, -0.1) is 0 Å². The van der Waals surface area contributed by atoms with E-state index in [1.54, 1.807) is 11.1 Å². The van der Waals surface area contributed by atoms with Crippen LogP contribution in [-0.2, 0) is 22.6 Å². The Morgan fingerprint density at radius 2 is 2.11 bits per heavy atom. The van der Waals surface area contributed by atoms with Gasteiger partial charge in [0.15, 0.2) is 0 Å². The number of aryl methyl sites for hydroxylation is 2. The summed E-state index contributed by atoms with van der Waals surface area (Å²) in [5.41, 5.74) is 0.505. The monoisotopic (exact) mass is 373 g/mol. The van der Waals surface area contributed by atoms with Crippen molar-refractivity contribution in [3.05, 3.63) is 48.3 Å². The number of amides is 2. The van der Waals surface area contributed by atoms with E-state index in [-0.39, 0.29) is 17.6 Å². The molecule has 1 aromatic carbocycles. The maximum atomic E-state index is 13.0. The fourth-order valence-electron chi connectivity index (χ4n) is 3.21. The molecule has 1 atom stereocenters. The average molecular weight is 373 g/mol. The van der Waals surface area contributed by atoms with Crippen LogP contribution < -0.4 is 10.6 Å². The van der Waals surface area contributed by atoms with Crippen molar-refractivity contribution in [1.29, 1.82) is 0 Å². The molecule has 3 rings (SSSR count). The molecule has 1 aliphatic rings. The lowest BCUT2D eigenvalue weighted by atomic mass is 10.1. The minimum Gasteiger partial charge on any atom is -0.334 e. The van der Waals surface area contributed by atoms with Gasteiger partial charge in [0.25, 0.3) is 0 Å². The zero-order chi connectivity index (χ0) is 19.2. The van der Waals surface area contributed by atoms with Crippen molar-refractivity contribution < 1.29 is 14.0 Å². The number of carbonyl (C=O) groups is 2. The zero-order valence-electron chi connectivity index (χ0n) is 15.3. The molecule has 2 N–H and O–H groups in total. The molecule has 2 aromatic rings. The lowest BCUT2D eigenvalue weighted by Gasteiger charge is -2.35. The summed E-state index contributed by atoms with van der Waals surface area (Å²) in [6.45, 7) is 4.08. The van der Waals surface area contributed by atoms with E-state index >= 15 is 0 Å². The van der Waals surface area contributed by atoms with E-state index in [1.807, 2.05) is 17.7 Å². The van der Waals surface area contributed by atoms with Crippen molar-refractivity contribution >= 4 is 17.5 Å². The number of imidazole rings is 1. The van der Waals surface area contributed by atoms with E-state index in [0.717, 1.165) is 12.2 Å². The van der Waals surface area contributed by atoms with Crippen LogP contribution in [0.5, 0.6) is 0 Å². The van der Waals surface area contributed by atoms with Crippen LogP contribution in [-0.4, -0.2) is 51.9 Å². The summed E-state index contributed by atoms with van der Waals surface area (Å²) in [7, 11) is 0. The molecular weight excluding hydrogens is 349 g/mol. The second-order valence-electron chi connectivity index (χ2n) is 6.44. The summed E-state index contributed by atoms with van der Waals surface area (Å²) in [4.78, 5) is 31.3. The molecule has 0 unspecified atom stereocenters. The van der Waals surface area contributed by atoms with Crippen LogP contribution >= 0.6 is 0 Å². The highest BCUT2D eigenvalue weighted by molar-refractivity contribution is 5.97. The number of nitrogens with one attached hydrogen (secondary N) is 2. The van der Waals surface area contributed by atoms with Crippen molar-refractivity contribution in [2.24, 2.45) is 0 Å². The topological polar surface area (TPSA) is 79.3 Å². The summed E-state index contributed by atoms with van der Waals surface area (Å²) < 4.78 is 15.0. The highest BCUT2D eigenvalue weighted by Gasteiger charge is 2.31. The van der Waals surface area contributed by atoms with Crippen LogP contribution in [0, 0.1) is 5.82 Å². The van der Waals surface area contributed by atoms with E-state index in [1.165, 1.54) is 24.3 Å². The van der Waals surface area contributed by atoms with Crippen molar-refractivity contribution in [3.8, 4) is 0 Å². The molecule has 0 aliphatic carbocycles. The molecule has 144 valence electrons. The second-order valence-corrected chi connectivity index (χ2v) is 6.44. The average Bonchev–Trinajstić information content (AvgIpc) is 3.15.